The number of benzene rings is 2. The van der Waals surface area contributed by atoms with E-state index in [-0.39, 0.29) is 10.9 Å². The highest BCUT2D eigenvalue weighted by Crippen LogP contribution is 2.26. The molecule has 0 saturated carbocycles. The number of halogens is 2. The summed E-state index contributed by atoms with van der Waals surface area (Å²) in [4.78, 5) is 24.6. The molecule has 1 amide bonds. The summed E-state index contributed by atoms with van der Waals surface area (Å²) in [5.74, 6) is -0.283. The standard InChI is InChI=1S/C18H15Cl2N3O3S/c1-10-3-6-13(7-4-10)23-17(18(25)26-22-23)27-11(2)16(24)21-12-5-8-14(19)15(20)9-12/h3-9,11H,1-2H3,(H-,21,22,24,25)/p+1. The Labute approximate surface area is 169 Å². The van der Waals surface area contributed by atoms with Crippen LogP contribution in [0.3, 0.4) is 0 Å². The predicted octanol–water partition coefficient (Wildman–Crippen LogP) is 3.98. The van der Waals surface area contributed by atoms with Crippen molar-refractivity contribution in [2.45, 2.75) is 24.1 Å². The minimum atomic E-state index is -0.560. The first-order valence-corrected chi connectivity index (χ1v) is 9.62. The number of aryl methyl sites for hydroxylation is 1. The quantitative estimate of drug-likeness (QED) is 0.479. The molecule has 0 aliphatic carbocycles. The van der Waals surface area contributed by atoms with Gasteiger partial charge in [-0.15, -0.1) is 0 Å². The number of H-pyrrole nitrogens is 1. The van der Waals surface area contributed by atoms with Gasteiger partial charge in [0.05, 0.1) is 15.3 Å². The highest BCUT2D eigenvalue weighted by atomic mass is 35.5. The highest BCUT2D eigenvalue weighted by molar-refractivity contribution is 8.00. The van der Waals surface area contributed by atoms with Crippen molar-refractivity contribution in [1.29, 1.82) is 0 Å². The zero-order valence-corrected chi connectivity index (χ0v) is 16.8. The van der Waals surface area contributed by atoms with Gasteiger partial charge in [-0.25, -0.2) is 4.79 Å². The van der Waals surface area contributed by atoms with Gasteiger partial charge in [-0.1, -0.05) is 40.9 Å². The Kier molecular flexibility index (Phi) is 5.94. The van der Waals surface area contributed by atoms with Crippen LogP contribution in [0.5, 0.6) is 0 Å². The zero-order valence-electron chi connectivity index (χ0n) is 14.5. The van der Waals surface area contributed by atoms with Crippen molar-refractivity contribution >= 4 is 46.6 Å². The normalized spacial score (nSPS) is 12.0. The van der Waals surface area contributed by atoms with Gasteiger partial charge in [-0.2, -0.15) is 0 Å². The molecule has 0 spiro atoms. The lowest BCUT2D eigenvalue weighted by atomic mass is 10.2. The van der Waals surface area contributed by atoms with Crippen molar-refractivity contribution in [2.24, 2.45) is 0 Å². The number of nitrogens with one attached hydrogen (secondary N) is 2. The van der Waals surface area contributed by atoms with Gasteiger partial charge in [-0.3, -0.25) is 9.32 Å². The first-order chi connectivity index (χ1) is 12.8. The summed E-state index contributed by atoms with van der Waals surface area (Å²) in [5, 5.41) is 5.78. The zero-order chi connectivity index (χ0) is 19.6. The second-order valence-corrected chi connectivity index (χ2v) is 7.98. The molecule has 2 aromatic carbocycles. The molecule has 0 radical (unpaired) electrons. The third-order valence-corrected chi connectivity index (χ3v) is 5.62. The second kappa shape index (κ2) is 8.21. The molecule has 1 aromatic heterocycles. The number of rotatable bonds is 5. The van der Waals surface area contributed by atoms with Gasteiger partial charge in [0.1, 0.15) is 0 Å². The molecule has 0 aliphatic heterocycles. The molecule has 6 nitrogen and oxygen atoms in total. The van der Waals surface area contributed by atoms with E-state index in [4.69, 9.17) is 27.7 Å². The number of carbonyl (C=O) groups is 1. The predicted molar refractivity (Wildman–Crippen MR) is 106 cm³/mol. The molecular weight excluding hydrogens is 409 g/mol. The van der Waals surface area contributed by atoms with Gasteiger partial charge in [0.25, 0.3) is 0 Å². The fourth-order valence-electron chi connectivity index (χ4n) is 2.27. The number of nitrogens with zero attached hydrogens (tertiary/aromatic N) is 1. The summed E-state index contributed by atoms with van der Waals surface area (Å²) in [5.41, 5.74) is 1.80. The van der Waals surface area contributed by atoms with Crippen molar-refractivity contribution in [3.8, 4) is 5.69 Å². The maximum Gasteiger partial charge on any atom is 0.442 e. The Balaban J connectivity index is 1.77. The number of hydrogen-bond donors (Lipinski definition) is 2. The van der Waals surface area contributed by atoms with Gasteiger partial charge >= 0.3 is 10.7 Å². The summed E-state index contributed by atoms with van der Waals surface area (Å²) in [7, 11) is 0. The Bertz CT molecular complexity index is 1030. The van der Waals surface area contributed by atoms with Crippen LogP contribution >= 0.6 is 35.0 Å². The Morgan fingerprint density at radius 2 is 1.89 bits per heavy atom. The van der Waals surface area contributed by atoms with Crippen LogP contribution in [0.25, 0.3) is 5.69 Å². The molecule has 0 fully saturated rings. The van der Waals surface area contributed by atoms with Crippen LogP contribution in [0, 0.1) is 6.92 Å². The fourth-order valence-corrected chi connectivity index (χ4v) is 3.45. The monoisotopic (exact) mass is 424 g/mol. The molecule has 0 saturated heterocycles. The molecular formula is C18H16Cl2N3O3S+. The van der Waals surface area contributed by atoms with Crippen molar-refractivity contribution in [3.05, 3.63) is 68.5 Å². The smallest absolute Gasteiger partial charge is 0.325 e. The lowest BCUT2D eigenvalue weighted by Crippen LogP contribution is -2.37. The SMILES string of the molecule is Cc1ccc(-[n+]2[nH]oc(=O)c2SC(C)C(=O)Nc2ccc(Cl)c(Cl)c2)cc1. The molecule has 140 valence electrons. The van der Waals surface area contributed by atoms with Crippen LogP contribution in [0.2, 0.25) is 10.0 Å². The summed E-state index contributed by atoms with van der Waals surface area (Å²) in [6.45, 7) is 3.67. The first-order valence-electron chi connectivity index (χ1n) is 7.98. The summed E-state index contributed by atoms with van der Waals surface area (Å²) in [6.07, 6.45) is 0. The number of amides is 1. The van der Waals surface area contributed by atoms with E-state index in [1.54, 1.807) is 25.1 Å². The van der Waals surface area contributed by atoms with Gasteiger partial charge in [-0.05, 0) is 53.8 Å². The van der Waals surface area contributed by atoms with Crippen molar-refractivity contribution in [2.75, 3.05) is 5.32 Å². The van der Waals surface area contributed by atoms with E-state index in [2.05, 4.69) is 10.6 Å². The van der Waals surface area contributed by atoms with E-state index in [1.807, 2.05) is 31.2 Å². The molecule has 0 bridgehead atoms. The maximum atomic E-state index is 12.5. The van der Waals surface area contributed by atoms with Crippen molar-refractivity contribution in [3.63, 3.8) is 0 Å². The van der Waals surface area contributed by atoms with Crippen LogP contribution in [-0.4, -0.2) is 16.4 Å². The number of aromatic nitrogens is 2. The minimum absolute atomic E-state index is 0.274. The summed E-state index contributed by atoms with van der Waals surface area (Å²) in [6, 6.07) is 12.4. The molecule has 1 unspecified atom stereocenters. The third-order valence-electron chi connectivity index (χ3n) is 3.74. The molecule has 9 heteroatoms. The van der Waals surface area contributed by atoms with E-state index in [0.29, 0.717) is 15.7 Å². The number of aromatic amines is 1. The van der Waals surface area contributed by atoms with Gasteiger partial charge in [0.15, 0.2) is 0 Å². The number of hydrogen-bond acceptors (Lipinski definition) is 4. The van der Waals surface area contributed by atoms with Crippen LogP contribution in [0.4, 0.5) is 5.69 Å². The molecule has 0 aliphatic rings. The molecule has 2 N–H and O–H groups in total. The highest BCUT2D eigenvalue weighted by Gasteiger charge is 2.29. The number of carbonyl (C=O) groups excluding carboxylic acids is 1. The topological polar surface area (TPSA) is 79.0 Å². The lowest BCUT2D eigenvalue weighted by molar-refractivity contribution is -0.704. The van der Waals surface area contributed by atoms with Crippen LogP contribution in [-0.2, 0) is 4.79 Å². The van der Waals surface area contributed by atoms with E-state index >= 15 is 0 Å². The van der Waals surface area contributed by atoms with E-state index in [0.717, 1.165) is 23.0 Å². The molecule has 1 atom stereocenters. The van der Waals surface area contributed by atoms with Gasteiger partial charge in [0.2, 0.25) is 11.6 Å². The first kappa shape index (κ1) is 19.5. The van der Waals surface area contributed by atoms with Gasteiger partial charge < -0.3 is 5.32 Å². The largest absolute Gasteiger partial charge is 0.442 e. The molecule has 1 heterocycles. The number of anilines is 1. The molecule has 27 heavy (non-hydrogen) atoms. The third kappa shape index (κ3) is 4.55. The molecule has 3 aromatic rings. The van der Waals surface area contributed by atoms with Crippen molar-refractivity contribution < 1.29 is 14.0 Å². The molecule has 3 rings (SSSR count). The second-order valence-electron chi connectivity index (χ2n) is 5.84. The van der Waals surface area contributed by atoms with Crippen LogP contribution in [0.1, 0.15) is 12.5 Å². The average molecular weight is 425 g/mol. The lowest BCUT2D eigenvalue weighted by Gasteiger charge is -2.10. The Morgan fingerprint density at radius 3 is 2.56 bits per heavy atom. The van der Waals surface area contributed by atoms with E-state index < -0.39 is 10.9 Å². The van der Waals surface area contributed by atoms with Gasteiger partial charge in [0, 0.05) is 17.8 Å². The average Bonchev–Trinajstić information content (AvgIpc) is 2.99. The Hall–Kier alpha value is -2.22. The fraction of sp³-hybridized carbons (Fsp3) is 0.167. The van der Waals surface area contributed by atoms with Crippen LogP contribution in [0.15, 0.2) is 56.8 Å². The number of thioether (sulfide) groups is 1. The van der Waals surface area contributed by atoms with Crippen molar-refractivity contribution in [1.82, 2.24) is 5.27 Å². The summed E-state index contributed by atoms with van der Waals surface area (Å²) >= 11 is 12.9. The van der Waals surface area contributed by atoms with Crippen LogP contribution < -0.4 is 15.6 Å². The maximum absolute atomic E-state index is 12.5. The van der Waals surface area contributed by atoms with E-state index in [9.17, 15) is 9.59 Å². The Morgan fingerprint density at radius 1 is 1.19 bits per heavy atom. The van der Waals surface area contributed by atoms with E-state index in [1.165, 1.54) is 4.68 Å². The summed E-state index contributed by atoms with van der Waals surface area (Å²) < 4.78 is 6.42. The minimum Gasteiger partial charge on any atom is -0.325 e.